The second-order valence-electron chi connectivity index (χ2n) is 8.87. The molecular weight excluding hydrogens is 419 g/mol. The smallest absolute Gasteiger partial charge is 0.275 e. The molecule has 2 fully saturated rings. The molecule has 9 heteroatoms. The maximum absolute atomic E-state index is 13.5. The fourth-order valence-electron chi connectivity index (χ4n) is 5.13. The number of rotatable bonds is 4. The van der Waals surface area contributed by atoms with Crippen LogP contribution in [0.1, 0.15) is 36.3 Å². The third-order valence-corrected chi connectivity index (χ3v) is 6.93. The first-order chi connectivity index (χ1) is 15.3. The van der Waals surface area contributed by atoms with Gasteiger partial charge in [0.15, 0.2) is 0 Å². The highest BCUT2D eigenvalue weighted by Crippen LogP contribution is 2.44. The number of benzene rings is 1. The summed E-state index contributed by atoms with van der Waals surface area (Å²) in [5, 5.41) is 2.13. The van der Waals surface area contributed by atoms with E-state index in [1.165, 1.54) is 29.4 Å². The molecule has 170 valence electrons. The van der Waals surface area contributed by atoms with Crippen molar-refractivity contribution in [2.24, 2.45) is 5.92 Å². The zero-order valence-corrected chi connectivity index (χ0v) is 18.0. The Morgan fingerprint density at radius 1 is 1.12 bits per heavy atom. The number of fused-ring (bicyclic) bond motifs is 1. The van der Waals surface area contributed by atoms with Crippen LogP contribution in [0.5, 0.6) is 0 Å². The first kappa shape index (κ1) is 21.2. The van der Waals surface area contributed by atoms with Crippen molar-refractivity contribution in [2.45, 2.75) is 37.5 Å². The van der Waals surface area contributed by atoms with Crippen LogP contribution in [0.15, 0.2) is 53.6 Å². The molecule has 5 rings (SSSR count). The number of likely N-dealkylation sites (N-methyl/N-ethyl adjacent to an activating group) is 2. The van der Waals surface area contributed by atoms with Gasteiger partial charge >= 0.3 is 11.9 Å². The van der Waals surface area contributed by atoms with Gasteiger partial charge in [-0.05, 0) is 55.6 Å². The molecule has 3 heterocycles. The second-order valence-corrected chi connectivity index (χ2v) is 8.87. The molecular formula is C23H26F3N5O. The number of pyridine rings is 1. The van der Waals surface area contributed by atoms with Crippen LogP contribution in [0, 0.1) is 5.92 Å². The van der Waals surface area contributed by atoms with E-state index in [1.54, 1.807) is 6.07 Å². The molecule has 1 N–H and O–H groups in total. The van der Waals surface area contributed by atoms with E-state index in [9.17, 15) is 18.0 Å². The first-order valence-electron chi connectivity index (χ1n) is 10.8. The van der Waals surface area contributed by atoms with Crippen molar-refractivity contribution < 1.29 is 13.2 Å². The maximum Gasteiger partial charge on any atom is 0.418 e. The summed E-state index contributed by atoms with van der Waals surface area (Å²) >= 11 is 0. The van der Waals surface area contributed by atoms with E-state index in [-0.39, 0.29) is 17.6 Å². The highest BCUT2D eigenvalue weighted by atomic mass is 19.4. The molecule has 1 aliphatic carbocycles. The molecule has 0 bridgehead atoms. The Hall–Kier alpha value is -2.62. The quantitative estimate of drug-likeness (QED) is 0.666. The molecule has 0 radical (unpaired) electrons. The van der Waals surface area contributed by atoms with Crippen LogP contribution in [-0.4, -0.2) is 45.8 Å². The van der Waals surface area contributed by atoms with Gasteiger partial charge in [0.05, 0.1) is 29.6 Å². The van der Waals surface area contributed by atoms with Crippen molar-refractivity contribution in [1.82, 2.24) is 24.3 Å². The standard InChI is InChI=1S/C23H26F3N5O/c1-28-14-27-29(2)21(28)20(15-6-3-7-15)16-8-4-9-17(12-16)31-13-19-18(23(24,25)26)10-5-11-30(19)22(31)32/h4-5,8-13,15,20-21,27H,3,6-7,14H2,1-2H3/t20-,21?/m1/s1. The van der Waals surface area contributed by atoms with Crippen LogP contribution in [0.2, 0.25) is 0 Å². The lowest BCUT2D eigenvalue weighted by Gasteiger charge is -2.41. The molecule has 0 amide bonds. The highest BCUT2D eigenvalue weighted by molar-refractivity contribution is 5.56. The Kier molecular flexibility index (Phi) is 5.15. The number of nitrogens with zero attached hydrogens (tertiary/aromatic N) is 4. The van der Waals surface area contributed by atoms with Crippen molar-refractivity contribution >= 4 is 5.52 Å². The van der Waals surface area contributed by atoms with Gasteiger partial charge < -0.3 is 0 Å². The topological polar surface area (TPSA) is 44.9 Å². The van der Waals surface area contributed by atoms with Gasteiger partial charge in [0, 0.05) is 25.4 Å². The Morgan fingerprint density at radius 3 is 2.53 bits per heavy atom. The summed E-state index contributed by atoms with van der Waals surface area (Å²) in [5.41, 5.74) is 3.55. The van der Waals surface area contributed by atoms with Crippen molar-refractivity contribution in [3.05, 3.63) is 70.4 Å². The first-order valence-corrected chi connectivity index (χ1v) is 10.8. The SMILES string of the molecule is CN1CNN(C)C1[C@@H](c1cccc(-n2cc3c(C(F)(F)F)cccn3c2=O)c1)C1CCC1. The van der Waals surface area contributed by atoms with Gasteiger partial charge in [-0.25, -0.2) is 15.2 Å². The van der Waals surface area contributed by atoms with Gasteiger partial charge in [0.25, 0.3) is 0 Å². The zero-order chi connectivity index (χ0) is 22.6. The van der Waals surface area contributed by atoms with E-state index >= 15 is 0 Å². The number of hydrazine groups is 1. The minimum absolute atomic E-state index is 0.148. The molecule has 2 aliphatic rings. The van der Waals surface area contributed by atoms with Gasteiger partial charge in [-0.3, -0.25) is 13.9 Å². The van der Waals surface area contributed by atoms with Crippen LogP contribution < -0.4 is 11.1 Å². The fraction of sp³-hybridized carbons (Fsp3) is 0.435. The molecule has 6 nitrogen and oxygen atoms in total. The average Bonchev–Trinajstić information content (AvgIpc) is 3.23. The van der Waals surface area contributed by atoms with E-state index in [0.717, 1.165) is 35.5 Å². The van der Waals surface area contributed by atoms with E-state index in [4.69, 9.17) is 0 Å². The van der Waals surface area contributed by atoms with E-state index < -0.39 is 17.4 Å². The Balaban J connectivity index is 1.60. The molecule has 1 unspecified atom stereocenters. The van der Waals surface area contributed by atoms with Crippen molar-refractivity contribution in [2.75, 3.05) is 20.8 Å². The molecule has 0 spiro atoms. The second kappa shape index (κ2) is 7.75. The number of aromatic nitrogens is 2. The zero-order valence-electron chi connectivity index (χ0n) is 18.0. The Labute approximate surface area is 183 Å². The maximum atomic E-state index is 13.5. The summed E-state index contributed by atoms with van der Waals surface area (Å²) in [5.74, 6) is 0.758. The Bertz CT molecular complexity index is 1190. The lowest BCUT2D eigenvalue weighted by atomic mass is 9.71. The van der Waals surface area contributed by atoms with Crippen molar-refractivity contribution in [3.8, 4) is 5.69 Å². The fourth-order valence-corrected chi connectivity index (χ4v) is 5.13. The normalized spacial score (nSPS) is 21.8. The van der Waals surface area contributed by atoms with Crippen molar-refractivity contribution in [3.63, 3.8) is 0 Å². The molecule has 3 aromatic rings. The van der Waals surface area contributed by atoms with E-state index in [0.29, 0.717) is 11.6 Å². The molecule has 1 aliphatic heterocycles. The van der Waals surface area contributed by atoms with E-state index in [1.807, 2.05) is 19.2 Å². The predicted octanol–water partition coefficient (Wildman–Crippen LogP) is 3.66. The summed E-state index contributed by atoms with van der Waals surface area (Å²) < 4.78 is 42.8. The highest BCUT2D eigenvalue weighted by Gasteiger charge is 2.41. The lowest BCUT2D eigenvalue weighted by molar-refractivity contribution is -0.136. The van der Waals surface area contributed by atoms with Crippen LogP contribution in [0.4, 0.5) is 13.2 Å². The minimum Gasteiger partial charge on any atom is -0.275 e. The van der Waals surface area contributed by atoms with Crippen LogP contribution >= 0.6 is 0 Å². The molecule has 1 saturated heterocycles. The summed E-state index contributed by atoms with van der Waals surface area (Å²) in [6.45, 7) is 0.759. The van der Waals surface area contributed by atoms with Gasteiger partial charge in [0.1, 0.15) is 0 Å². The number of imidazole rings is 1. The summed E-state index contributed by atoms with van der Waals surface area (Å²) in [6.07, 6.45) is 1.80. The summed E-state index contributed by atoms with van der Waals surface area (Å²) in [7, 11) is 4.12. The lowest BCUT2D eigenvalue weighted by Crippen LogP contribution is -2.45. The van der Waals surface area contributed by atoms with Crippen LogP contribution in [0.25, 0.3) is 11.2 Å². The summed E-state index contributed by atoms with van der Waals surface area (Å²) in [4.78, 5) is 15.3. The number of halogens is 3. The third kappa shape index (κ3) is 3.44. The monoisotopic (exact) mass is 445 g/mol. The summed E-state index contributed by atoms with van der Waals surface area (Å²) in [6, 6.07) is 9.93. The molecule has 32 heavy (non-hydrogen) atoms. The molecule has 2 atom stereocenters. The Morgan fingerprint density at radius 2 is 1.91 bits per heavy atom. The van der Waals surface area contributed by atoms with Crippen molar-refractivity contribution in [1.29, 1.82) is 0 Å². The third-order valence-electron chi connectivity index (χ3n) is 6.93. The number of alkyl halides is 3. The number of hydrogen-bond donors (Lipinski definition) is 1. The average molecular weight is 445 g/mol. The number of hydrogen-bond acceptors (Lipinski definition) is 4. The van der Waals surface area contributed by atoms with Gasteiger partial charge in [-0.15, -0.1) is 0 Å². The predicted molar refractivity (Wildman–Crippen MR) is 115 cm³/mol. The molecule has 2 aromatic heterocycles. The van der Waals surface area contributed by atoms with Gasteiger partial charge in [0.2, 0.25) is 0 Å². The van der Waals surface area contributed by atoms with Gasteiger partial charge in [-0.2, -0.15) is 13.2 Å². The van der Waals surface area contributed by atoms with E-state index in [2.05, 4.69) is 28.4 Å². The minimum atomic E-state index is -4.53. The molecule has 1 saturated carbocycles. The van der Waals surface area contributed by atoms with Crippen LogP contribution in [-0.2, 0) is 6.18 Å². The largest absolute Gasteiger partial charge is 0.418 e. The van der Waals surface area contributed by atoms with Gasteiger partial charge in [-0.1, -0.05) is 18.6 Å². The number of nitrogens with one attached hydrogen (secondary N) is 1. The molecule has 1 aromatic carbocycles. The van der Waals surface area contributed by atoms with Crippen LogP contribution in [0.3, 0.4) is 0 Å².